The maximum atomic E-state index is 4.41. The summed E-state index contributed by atoms with van der Waals surface area (Å²) in [5.74, 6) is 0. The van der Waals surface area contributed by atoms with Crippen molar-refractivity contribution < 1.29 is 0 Å². The quantitative estimate of drug-likeness (QED) is 0.898. The third kappa shape index (κ3) is 1.89. The first-order valence-electron chi connectivity index (χ1n) is 6.41. The van der Waals surface area contributed by atoms with Gasteiger partial charge in [0, 0.05) is 19.3 Å². The number of imidazole rings is 1. The van der Waals surface area contributed by atoms with Gasteiger partial charge >= 0.3 is 0 Å². The monoisotopic (exact) mass is 245 g/mol. The van der Waals surface area contributed by atoms with Gasteiger partial charge in [0.25, 0.3) is 0 Å². The number of aromatic nitrogens is 4. The summed E-state index contributed by atoms with van der Waals surface area (Å²) in [5, 5.41) is 7.90. The van der Waals surface area contributed by atoms with E-state index < -0.39 is 0 Å². The molecule has 0 radical (unpaired) electrons. The van der Waals surface area contributed by atoms with Crippen LogP contribution in [0.5, 0.6) is 0 Å². The molecular formula is C13H19N5. The summed E-state index contributed by atoms with van der Waals surface area (Å²) >= 11 is 0. The van der Waals surface area contributed by atoms with Crippen molar-refractivity contribution in [3.63, 3.8) is 0 Å². The molecule has 96 valence electrons. The topological polar surface area (TPSA) is 47.7 Å². The van der Waals surface area contributed by atoms with E-state index in [2.05, 4.69) is 26.9 Å². The molecule has 18 heavy (non-hydrogen) atoms. The van der Waals surface area contributed by atoms with E-state index in [9.17, 15) is 0 Å². The van der Waals surface area contributed by atoms with Gasteiger partial charge in [0.2, 0.25) is 0 Å². The third-order valence-electron chi connectivity index (χ3n) is 3.64. The van der Waals surface area contributed by atoms with Crippen LogP contribution < -0.4 is 5.32 Å². The Morgan fingerprint density at radius 3 is 2.78 bits per heavy atom. The Kier molecular flexibility index (Phi) is 2.61. The molecule has 1 N–H and O–H groups in total. The average molecular weight is 245 g/mol. The van der Waals surface area contributed by atoms with Gasteiger partial charge in [-0.3, -0.25) is 4.68 Å². The molecule has 2 heterocycles. The van der Waals surface area contributed by atoms with Gasteiger partial charge in [-0.05, 0) is 26.7 Å². The molecule has 0 aliphatic heterocycles. The molecule has 0 bridgehead atoms. The van der Waals surface area contributed by atoms with Crippen molar-refractivity contribution in [1.29, 1.82) is 0 Å². The fraction of sp³-hybridized carbons (Fsp3) is 0.538. The summed E-state index contributed by atoms with van der Waals surface area (Å²) in [6.07, 6.45) is 6.46. The molecule has 1 saturated carbocycles. The molecule has 5 nitrogen and oxygen atoms in total. The highest BCUT2D eigenvalue weighted by Gasteiger charge is 2.25. The Bertz CT molecular complexity index is 562. The van der Waals surface area contributed by atoms with Crippen LogP contribution in [0.1, 0.15) is 36.0 Å². The predicted molar refractivity (Wildman–Crippen MR) is 70.5 cm³/mol. The fourth-order valence-electron chi connectivity index (χ4n) is 2.36. The summed E-state index contributed by atoms with van der Waals surface area (Å²) < 4.78 is 4.20. The van der Waals surface area contributed by atoms with Crippen LogP contribution >= 0.6 is 0 Å². The van der Waals surface area contributed by atoms with Crippen molar-refractivity contribution in [2.24, 2.45) is 7.05 Å². The Balaban J connectivity index is 1.75. The van der Waals surface area contributed by atoms with E-state index >= 15 is 0 Å². The van der Waals surface area contributed by atoms with Crippen LogP contribution in [0.25, 0.3) is 0 Å². The van der Waals surface area contributed by atoms with Crippen LogP contribution in [0.4, 0.5) is 5.69 Å². The Labute approximate surface area is 107 Å². The molecule has 2 aromatic heterocycles. The summed E-state index contributed by atoms with van der Waals surface area (Å²) in [6, 6.07) is 0.681. The van der Waals surface area contributed by atoms with Crippen LogP contribution in [-0.4, -0.2) is 19.3 Å². The number of hydrogen-bond acceptors (Lipinski definition) is 3. The zero-order chi connectivity index (χ0) is 12.7. The van der Waals surface area contributed by atoms with E-state index in [0.717, 1.165) is 17.9 Å². The van der Waals surface area contributed by atoms with Gasteiger partial charge in [-0.1, -0.05) is 0 Å². The Hall–Kier alpha value is -1.78. The average Bonchev–Trinajstić information content (AvgIpc) is 3.03. The highest BCUT2D eigenvalue weighted by Crippen LogP contribution is 2.35. The second kappa shape index (κ2) is 4.15. The van der Waals surface area contributed by atoms with Crippen LogP contribution in [0, 0.1) is 13.8 Å². The van der Waals surface area contributed by atoms with E-state index in [0.29, 0.717) is 6.04 Å². The minimum atomic E-state index is 0.681. The maximum Gasteiger partial charge on any atom is 0.0951 e. The molecule has 0 aromatic carbocycles. The first-order valence-corrected chi connectivity index (χ1v) is 6.41. The lowest BCUT2D eigenvalue weighted by molar-refractivity contribution is 0.700. The molecule has 1 aliphatic rings. The van der Waals surface area contributed by atoms with Gasteiger partial charge in [0.05, 0.1) is 35.6 Å². The minimum Gasteiger partial charge on any atom is -0.376 e. The van der Waals surface area contributed by atoms with Crippen molar-refractivity contribution >= 4 is 5.69 Å². The molecule has 2 aromatic rings. The number of aryl methyl sites for hydroxylation is 2. The van der Waals surface area contributed by atoms with Gasteiger partial charge in [-0.25, -0.2) is 4.98 Å². The van der Waals surface area contributed by atoms with Crippen LogP contribution in [0.15, 0.2) is 12.5 Å². The lowest BCUT2D eigenvalue weighted by atomic mass is 10.3. The summed E-state index contributed by atoms with van der Waals surface area (Å²) in [4.78, 5) is 4.25. The molecule has 1 aliphatic carbocycles. The first-order chi connectivity index (χ1) is 8.66. The number of hydrogen-bond donors (Lipinski definition) is 1. The zero-order valence-corrected chi connectivity index (χ0v) is 11.1. The van der Waals surface area contributed by atoms with Gasteiger partial charge in [0.15, 0.2) is 0 Å². The van der Waals surface area contributed by atoms with E-state index in [1.807, 2.05) is 31.2 Å². The molecule has 0 unspecified atom stereocenters. The normalized spacial score (nSPS) is 15.1. The smallest absolute Gasteiger partial charge is 0.0951 e. The highest BCUT2D eigenvalue weighted by molar-refractivity contribution is 5.52. The molecular weight excluding hydrogens is 226 g/mol. The Morgan fingerprint density at radius 1 is 1.39 bits per heavy atom. The molecule has 0 saturated heterocycles. The maximum absolute atomic E-state index is 4.41. The molecule has 5 heteroatoms. The number of nitrogens with zero attached hydrogens (tertiary/aromatic N) is 4. The van der Waals surface area contributed by atoms with Crippen molar-refractivity contribution in [2.45, 2.75) is 39.3 Å². The van der Waals surface area contributed by atoms with E-state index in [-0.39, 0.29) is 0 Å². The van der Waals surface area contributed by atoms with Crippen molar-refractivity contribution in [3.05, 3.63) is 29.6 Å². The lowest BCUT2D eigenvalue weighted by Gasteiger charge is -2.09. The SMILES string of the molecule is Cc1nn(C)c(C)c1NCc1cncn1C1CC1. The summed E-state index contributed by atoms with van der Waals surface area (Å²) in [6.45, 7) is 4.93. The van der Waals surface area contributed by atoms with Crippen molar-refractivity contribution in [1.82, 2.24) is 19.3 Å². The number of anilines is 1. The first kappa shape index (κ1) is 11.3. The highest BCUT2D eigenvalue weighted by atomic mass is 15.3. The largest absolute Gasteiger partial charge is 0.376 e. The number of rotatable bonds is 4. The molecule has 3 rings (SSSR count). The van der Waals surface area contributed by atoms with E-state index in [1.54, 1.807) is 0 Å². The summed E-state index contributed by atoms with van der Waals surface area (Å²) in [7, 11) is 1.97. The summed E-state index contributed by atoms with van der Waals surface area (Å²) in [5.41, 5.74) is 4.61. The second-order valence-electron chi connectivity index (χ2n) is 5.05. The van der Waals surface area contributed by atoms with E-state index in [1.165, 1.54) is 24.2 Å². The molecule has 0 amide bonds. The third-order valence-corrected chi connectivity index (χ3v) is 3.64. The fourth-order valence-corrected chi connectivity index (χ4v) is 2.36. The Morgan fingerprint density at radius 2 is 2.17 bits per heavy atom. The predicted octanol–water partition coefficient (Wildman–Crippen LogP) is 2.18. The van der Waals surface area contributed by atoms with Gasteiger partial charge in [-0.15, -0.1) is 0 Å². The van der Waals surface area contributed by atoms with E-state index in [4.69, 9.17) is 0 Å². The number of nitrogens with one attached hydrogen (secondary N) is 1. The van der Waals surface area contributed by atoms with Gasteiger partial charge in [-0.2, -0.15) is 5.10 Å². The lowest BCUT2D eigenvalue weighted by Crippen LogP contribution is -2.07. The van der Waals surface area contributed by atoms with Crippen LogP contribution in [-0.2, 0) is 13.6 Å². The van der Waals surface area contributed by atoms with Crippen LogP contribution in [0.2, 0.25) is 0 Å². The minimum absolute atomic E-state index is 0.681. The molecule has 0 atom stereocenters. The standard InChI is InChI=1S/C13H19N5/c1-9-13(10(2)17(3)16-9)15-7-12-6-14-8-18(12)11-4-5-11/h6,8,11,15H,4-5,7H2,1-3H3. The van der Waals surface area contributed by atoms with Crippen LogP contribution in [0.3, 0.4) is 0 Å². The van der Waals surface area contributed by atoms with Crippen molar-refractivity contribution in [2.75, 3.05) is 5.32 Å². The van der Waals surface area contributed by atoms with Gasteiger partial charge in [0.1, 0.15) is 0 Å². The second-order valence-corrected chi connectivity index (χ2v) is 5.05. The molecule has 0 spiro atoms. The zero-order valence-electron chi connectivity index (χ0n) is 11.1. The van der Waals surface area contributed by atoms with Gasteiger partial charge < -0.3 is 9.88 Å². The molecule has 1 fully saturated rings. The van der Waals surface area contributed by atoms with Crippen molar-refractivity contribution in [3.8, 4) is 0 Å².